The lowest BCUT2D eigenvalue weighted by Crippen LogP contribution is -2.17. The van der Waals surface area contributed by atoms with Gasteiger partial charge in [0.25, 0.3) is 0 Å². The van der Waals surface area contributed by atoms with Gasteiger partial charge in [0.1, 0.15) is 5.75 Å². The zero-order valence-electron chi connectivity index (χ0n) is 15.6. The highest BCUT2D eigenvalue weighted by molar-refractivity contribution is 7.14. The van der Waals surface area contributed by atoms with Crippen molar-refractivity contribution in [2.45, 2.75) is 20.2 Å². The maximum atomic E-state index is 12.3. The second-order valence-corrected chi connectivity index (χ2v) is 6.98. The number of benzene rings is 1. The summed E-state index contributed by atoms with van der Waals surface area (Å²) in [5.74, 6) is -0.245. The van der Waals surface area contributed by atoms with E-state index in [1.54, 1.807) is 19.2 Å². The first-order chi connectivity index (χ1) is 13.3. The molecule has 0 atom stereocenters. The Morgan fingerprint density at radius 1 is 1.18 bits per heavy atom. The van der Waals surface area contributed by atoms with Crippen LogP contribution in [0, 0.1) is 13.8 Å². The van der Waals surface area contributed by atoms with Gasteiger partial charge in [-0.3, -0.25) is 0 Å². The topological polar surface area (TPSA) is 48.3 Å². The number of halogens is 3. The van der Waals surface area contributed by atoms with Crippen LogP contribution in [0.15, 0.2) is 35.7 Å². The van der Waals surface area contributed by atoms with Gasteiger partial charge in [-0.1, -0.05) is 0 Å². The summed E-state index contributed by atoms with van der Waals surface area (Å²) in [7, 11) is 1.64. The van der Waals surface area contributed by atoms with Gasteiger partial charge in [0.2, 0.25) is 0 Å². The first-order valence-electron chi connectivity index (χ1n) is 8.52. The minimum Gasteiger partial charge on any atom is -0.406 e. The van der Waals surface area contributed by atoms with Crippen LogP contribution in [0.1, 0.15) is 11.4 Å². The molecule has 0 fully saturated rings. The highest BCUT2D eigenvalue weighted by Crippen LogP contribution is 2.32. The van der Waals surface area contributed by atoms with E-state index in [4.69, 9.17) is 4.74 Å². The molecule has 150 valence electrons. The summed E-state index contributed by atoms with van der Waals surface area (Å²) in [6.07, 6.45) is -4.70. The molecule has 3 aromatic rings. The van der Waals surface area contributed by atoms with E-state index in [1.165, 1.54) is 23.5 Å². The van der Waals surface area contributed by atoms with E-state index in [0.29, 0.717) is 13.2 Å². The Hall–Kier alpha value is -2.52. The van der Waals surface area contributed by atoms with Crippen LogP contribution in [0.3, 0.4) is 0 Å². The molecule has 2 aromatic heterocycles. The van der Waals surface area contributed by atoms with Crippen molar-refractivity contribution in [3.05, 3.63) is 47.1 Å². The Balaban J connectivity index is 1.84. The van der Waals surface area contributed by atoms with Gasteiger partial charge in [0, 0.05) is 41.7 Å². The van der Waals surface area contributed by atoms with E-state index in [1.807, 2.05) is 29.9 Å². The van der Waals surface area contributed by atoms with Gasteiger partial charge < -0.3 is 19.4 Å². The molecule has 5 nitrogen and oxygen atoms in total. The van der Waals surface area contributed by atoms with Crippen molar-refractivity contribution < 1.29 is 22.6 Å². The molecule has 0 spiro atoms. The number of thiazole rings is 1. The summed E-state index contributed by atoms with van der Waals surface area (Å²) in [5.41, 5.74) is 4.49. The lowest BCUT2D eigenvalue weighted by Gasteiger charge is -2.12. The van der Waals surface area contributed by atoms with Crippen molar-refractivity contribution in [1.29, 1.82) is 0 Å². The highest BCUT2D eigenvalue weighted by Gasteiger charge is 2.31. The quantitative estimate of drug-likeness (QED) is 0.545. The Bertz CT molecular complexity index is 933. The predicted octanol–water partition coefficient (Wildman–Crippen LogP) is 5.17. The van der Waals surface area contributed by atoms with E-state index in [0.717, 1.165) is 33.5 Å². The second kappa shape index (κ2) is 8.24. The van der Waals surface area contributed by atoms with Crippen LogP contribution in [0.4, 0.5) is 18.3 Å². The minimum absolute atomic E-state index is 0.245. The molecule has 0 amide bonds. The summed E-state index contributed by atoms with van der Waals surface area (Å²) in [6, 6.07) is 7.83. The van der Waals surface area contributed by atoms with Crippen LogP contribution in [0.2, 0.25) is 0 Å². The molecule has 0 bridgehead atoms. The summed E-state index contributed by atoms with van der Waals surface area (Å²) in [4.78, 5) is 4.61. The molecule has 0 aliphatic rings. The lowest BCUT2D eigenvalue weighted by atomic mass is 10.2. The van der Waals surface area contributed by atoms with Crippen LogP contribution in [0.25, 0.3) is 16.9 Å². The van der Waals surface area contributed by atoms with Crippen molar-refractivity contribution in [2.24, 2.45) is 0 Å². The third-order valence-electron chi connectivity index (χ3n) is 4.12. The SMILES string of the molecule is COCCNc1nc(-c2cc(C)n(-c3ccc(OC(F)(F)F)cc3)c2C)cs1. The van der Waals surface area contributed by atoms with Crippen molar-refractivity contribution in [3.8, 4) is 22.7 Å². The van der Waals surface area contributed by atoms with Crippen LogP contribution in [-0.2, 0) is 4.74 Å². The van der Waals surface area contributed by atoms with Gasteiger partial charge >= 0.3 is 6.36 Å². The van der Waals surface area contributed by atoms with E-state index in [-0.39, 0.29) is 5.75 Å². The molecule has 0 radical (unpaired) electrons. The molecule has 1 N–H and O–H groups in total. The number of nitrogens with zero attached hydrogens (tertiary/aromatic N) is 2. The van der Waals surface area contributed by atoms with E-state index in [2.05, 4.69) is 15.0 Å². The fourth-order valence-electron chi connectivity index (χ4n) is 2.95. The molecule has 0 saturated carbocycles. The van der Waals surface area contributed by atoms with Gasteiger partial charge in [-0.05, 0) is 44.2 Å². The Morgan fingerprint density at radius 2 is 1.89 bits per heavy atom. The molecule has 0 unspecified atom stereocenters. The molecule has 9 heteroatoms. The van der Waals surface area contributed by atoms with Gasteiger partial charge in [-0.15, -0.1) is 24.5 Å². The molecule has 2 heterocycles. The highest BCUT2D eigenvalue weighted by atomic mass is 32.1. The van der Waals surface area contributed by atoms with Crippen molar-refractivity contribution in [1.82, 2.24) is 9.55 Å². The summed E-state index contributed by atoms with van der Waals surface area (Å²) in [6.45, 7) is 5.17. The van der Waals surface area contributed by atoms with Crippen molar-refractivity contribution >= 4 is 16.5 Å². The molecule has 0 saturated heterocycles. The molecule has 0 aliphatic heterocycles. The Kier molecular flexibility index (Phi) is 5.95. The molecule has 3 rings (SSSR count). The smallest absolute Gasteiger partial charge is 0.406 e. The summed E-state index contributed by atoms with van der Waals surface area (Å²) < 4.78 is 47.9. The standard InChI is InChI=1S/C19H20F3N3O2S/c1-12-10-16(17-11-28-18(24-17)23-8-9-26-3)13(2)25(12)14-4-6-15(7-5-14)27-19(20,21)22/h4-7,10-11H,8-9H2,1-3H3,(H,23,24). The van der Waals surface area contributed by atoms with Gasteiger partial charge in [-0.2, -0.15) is 0 Å². The first kappa shape index (κ1) is 20.2. The fraction of sp³-hybridized carbons (Fsp3) is 0.316. The number of hydrogen-bond acceptors (Lipinski definition) is 5. The van der Waals surface area contributed by atoms with Crippen LogP contribution >= 0.6 is 11.3 Å². The number of anilines is 1. The maximum Gasteiger partial charge on any atom is 0.573 e. The normalized spacial score (nSPS) is 11.6. The number of hydrogen-bond donors (Lipinski definition) is 1. The average molecular weight is 411 g/mol. The lowest BCUT2D eigenvalue weighted by molar-refractivity contribution is -0.274. The molecule has 28 heavy (non-hydrogen) atoms. The molecule has 1 aromatic carbocycles. The summed E-state index contributed by atoms with van der Waals surface area (Å²) >= 11 is 1.51. The number of ether oxygens (including phenoxy) is 2. The number of nitrogens with one attached hydrogen (secondary N) is 1. The van der Waals surface area contributed by atoms with Crippen molar-refractivity contribution in [3.63, 3.8) is 0 Å². The van der Waals surface area contributed by atoms with E-state index in [9.17, 15) is 13.2 Å². The zero-order chi connectivity index (χ0) is 20.3. The third kappa shape index (κ3) is 4.66. The third-order valence-corrected chi connectivity index (χ3v) is 4.92. The van der Waals surface area contributed by atoms with E-state index < -0.39 is 6.36 Å². The average Bonchev–Trinajstić information content (AvgIpc) is 3.19. The van der Waals surface area contributed by atoms with Crippen LogP contribution in [0.5, 0.6) is 5.75 Å². The number of rotatable bonds is 7. The fourth-order valence-corrected chi connectivity index (χ4v) is 3.69. The van der Waals surface area contributed by atoms with Gasteiger partial charge in [0.05, 0.1) is 12.3 Å². The second-order valence-electron chi connectivity index (χ2n) is 6.12. The molecular formula is C19H20F3N3O2S. The predicted molar refractivity (Wildman–Crippen MR) is 103 cm³/mol. The van der Waals surface area contributed by atoms with Gasteiger partial charge in [-0.25, -0.2) is 4.98 Å². The largest absolute Gasteiger partial charge is 0.573 e. The van der Waals surface area contributed by atoms with Crippen LogP contribution < -0.4 is 10.1 Å². The number of aryl methyl sites for hydroxylation is 1. The molecular weight excluding hydrogens is 391 g/mol. The minimum atomic E-state index is -4.70. The Labute approximate surface area is 164 Å². The number of alkyl halides is 3. The molecule has 0 aliphatic carbocycles. The van der Waals surface area contributed by atoms with E-state index >= 15 is 0 Å². The monoisotopic (exact) mass is 411 g/mol. The Morgan fingerprint density at radius 3 is 2.54 bits per heavy atom. The number of methoxy groups -OCH3 is 1. The summed E-state index contributed by atoms with van der Waals surface area (Å²) in [5, 5.41) is 5.99. The number of aromatic nitrogens is 2. The first-order valence-corrected chi connectivity index (χ1v) is 9.40. The maximum absolute atomic E-state index is 12.3. The van der Waals surface area contributed by atoms with Gasteiger partial charge in [0.15, 0.2) is 5.13 Å². The van der Waals surface area contributed by atoms with Crippen molar-refractivity contribution in [2.75, 3.05) is 25.6 Å². The van der Waals surface area contributed by atoms with Crippen LogP contribution in [-0.4, -0.2) is 36.2 Å². The zero-order valence-corrected chi connectivity index (χ0v) is 16.4.